The predicted octanol–water partition coefficient (Wildman–Crippen LogP) is 1.94. The smallest absolute Gasteiger partial charge is 0.280 e. The maximum Gasteiger partial charge on any atom is 0.280 e. The monoisotopic (exact) mass is 277 g/mol. The average molecular weight is 277 g/mol. The van der Waals surface area contributed by atoms with Crippen molar-refractivity contribution >= 4 is 17.7 Å². The van der Waals surface area contributed by atoms with E-state index >= 15 is 0 Å². The zero-order chi connectivity index (χ0) is 14.9. The number of nitro benzene ring substituents is 1. The largest absolute Gasteiger partial charge is 0.368 e. The van der Waals surface area contributed by atoms with Crippen molar-refractivity contribution in [1.29, 1.82) is 0 Å². The van der Waals surface area contributed by atoms with Crippen LogP contribution in [0.15, 0.2) is 18.2 Å². The van der Waals surface area contributed by atoms with Gasteiger partial charge in [0.15, 0.2) is 6.29 Å². The Bertz CT molecular complexity index is 542. The molecule has 1 aromatic rings. The van der Waals surface area contributed by atoms with Gasteiger partial charge in [-0.1, -0.05) is 0 Å². The Balaban J connectivity index is 2.30. The van der Waals surface area contributed by atoms with Crippen molar-refractivity contribution in [3.05, 3.63) is 33.9 Å². The second-order valence-corrected chi connectivity index (χ2v) is 5.77. The van der Waals surface area contributed by atoms with Crippen LogP contribution in [0.5, 0.6) is 0 Å². The van der Waals surface area contributed by atoms with Gasteiger partial charge >= 0.3 is 0 Å². The van der Waals surface area contributed by atoms with E-state index in [9.17, 15) is 14.9 Å². The van der Waals surface area contributed by atoms with E-state index in [1.54, 1.807) is 12.1 Å². The molecular weight excluding hydrogens is 258 g/mol. The summed E-state index contributed by atoms with van der Waals surface area (Å²) in [5.41, 5.74) is 0.877. The number of nitro groups is 1. The lowest BCUT2D eigenvalue weighted by Gasteiger charge is -2.46. The van der Waals surface area contributed by atoms with Crippen molar-refractivity contribution in [1.82, 2.24) is 4.90 Å². The molecule has 0 aliphatic carbocycles. The zero-order valence-electron chi connectivity index (χ0n) is 12.0. The maximum absolute atomic E-state index is 11.0. The van der Waals surface area contributed by atoms with Gasteiger partial charge < -0.3 is 4.90 Å². The first-order chi connectivity index (χ1) is 9.35. The van der Waals surface area contributed by atoms with Gasteiger partial charge in [0.1, 0.15) is 0 Å². The van der Waals surface area contributed by atoms with Gasteiger partial charge in [0, 0.05) is 36.9 Å². The molecule has 1 fully saturated rings. The molecule has 2 rings (SSSR count). The van der Waals surface area contributed by atoms with Crippen molar-refractivity contribution in [2.45, 2.75) is 19.4 Å². The van der Waals surface area contributed by atoms with Crippen LogP contribution >= 0.6 is 0 Å². The fraction of sp³-hybridized carbons (Fsp3) is 0.500. The summed E-state index contributed by atoms with van der Waals surface area (Å²) in [4.78, 5) is 25.8. The van der Waals surface area contributed by atoms with Crippen molar-refractivity contribution in [3.63, 3.8) is 0 Å². The minimum Gasteiger partial charge on any atom is -0.368 e. The number of carbonyl (C=O) groups excluding carboxylic acids is 1. The van der Waals surface area contributed by atoms with Crippen LogP contribution < -0.4 is 4.90 Å². The van der Waals surface area contributed by atoms with E-state index in [4.69, 9.17) is 0 Å². The summed E-state index contributed by atoms with van der Waals surface area (Å²) in [6.07, 6.45) is 0.544. The molecule has 0 N–H and O–H groups in total. The number of likely N-dealkylation sites (N-methyl/N-ethyl adjacent to an activating group) is 1. The molecule has 0 bridgehead atoms. The Morgan fingerprint density at radius 1 is 1.35 bits per heavy atom. The molecule has 0 unspecified atom stereocenters. The summed E-state index contributed by atoms with van der Waals surface area (Å²) in [5.74, 6) is 0. The lowest BCUT2D eigenvalue weighted by atomic mass is 9.99. The highest BCUT2D eigenvalue weighted by Gasteiger charge is 2.31. The van der Waals surface area contributed by atoms with E-state index in [0.717, 1.165) is 25.3 Å². The number of benzene rings is 1. The summed E-state index contributed by atoms with van der Waals surface area (Å²) in [6.45, 7) is 6.90. The minimum absolute atomic E-state index is 0.0291. The molecule has 6 heteroatoms. The lowest BCUT2D eigenvalue weighted by Crippen LogP contribution is -2.57. The van der Waals surface area contributed by atoms with E-state index in [2.05, 4.69) is 30.7 Å². The number of nitrogens with zero attached hydrogens (tertiary/aromatic N) is 3. The van der Waals surface area contributed by atoms with Crippen LogP contribution in [0.4, 0.5) is 11.4 Å². The van der Waals surface area contributed by atoms with E-state index in [0.29, 0.717) is 6.29 Å². The minimum atomic E-state index is -0.526. The summed E-state index contributed by atoms with van der Waals surface area (Å²) in [5, 5.41) is 10.8. The van der Waals surface area contributed by atoms with Crippen molar-refractivity contribution in [2.24, 2.45) is 0 Å². The van der Waals surface area contributed by atoms with Crippen LogP contribution in [0.3, 0.4) is 0 Å². The van der Waals surface area contributed by atoms with Crippen molar-refractivity contribution in [3.8, 4) is 0 Å². The van der Waals surface area contributed by atoms with Crippen LogP contribution in [0.2, 0.25) is 0 Å². The molecule has 0 amide bonds. The Labute approximate surface area is 118 Å². The molecule has 108 valence electrons. The first kappa shape index (κ1) is 14.5. The van der Waals surface area contributed by atoms with E-state index in [1.165, 1.54) is 6.07 Å². The quantitative estimate of drug-likeness (QED) is 0.480. The van der Waals surface area contributed by atoms with Gasteiger partial charge in [-0.05, 0) is 33.0 Å². The van der Waals surface area contributed by atoms with Crippen LogP contribution in [0.1, 0.15) is 24.2 Å². The van der Waals surface area contributed by atoms with Gasteiger partial charge in [-0.3, -0.25) is 19.8 Å². The van der Waals surface area contributed by atoms with Crippen molar-refractivity contribution in [2.75, 3.05) is 31.6 Å². The first-order valence-electron chi connectivity index (χ1n) is 6.55. The molecular formula is C14H19N3O3. The molecule has 1 aliphatic heterocycles. The highest BCUT2D eigenvalue weighted by molar-refractivity contribution is 5.83. The number of hydrogen-bond acceptors (Lipinski definition) is 5. The molecule has 1 saturated heterocycles. The van der Waals surface area contributed by atoms with Crippen molar-refractivity contribution < 1.29 is 9.72 Å². The molecule has 0 spiro atoms. The van der Waals surface area contributed by atoms with E-state index < -0.39 is 4.92 Å². The van der Waals surface area contributed by atoms with Crippen LogP contribution in [-0.4, -0.2) is 48.3 Å². The number of carbonyl (C=O) groups is 1. The molecule has 0 atom stereocenters. The molecule has 1 aliphatic rings. The Morgan fingerprint density at radius 2 is 2.05 bits per heavy atom. The molecule has 6 nitrogen and oxygen atoms in total. The molecule has 0 aromatic heterocycles. The topological polar surface area (TPSA) is 66.7 Å². The fourth-order valence-electron chi connectivity index (χ4n) is 2.46. The molecule has 1 aromatic carbocycles. The van der Waals surface area contributed by atoms with Gasteiger partial charge in [0.25, 0.3) is 5.69 Å². The molecule has 20 heavy (non-hydrogen) atoms. The molecule has 0 radical (unpaired) electrons. The third-order valence-electron chi connectivity index (χ3n) is 4.02. The second kappa shape index (κ2) is 5.20. The SMILES string of the molecule is CN1CCN(c2ccc([N+](=O)[O-])c(C=O)c2)CC1(C)C. The standard InChI is InChI=1S/C14H19N3O3/c1-14(2)10-16(7-6-15(14)3)12-4-5-13(17(19)20)11(8-12)9-18/h4-5,8-9H,6-7,10H2,1-3H3. The first-order valence-corrected chi connectivity index (χ1v) is 6.55. The normalized spacial score (nSPS) is 18.9. The van der Waals surface area contributed by atoms with E-state index in [-0.39, 0.29) is 16.8 Å². The average Bonchev–Trinajstić information content (AvgIpc) is 2.40. The third-order valence-corrected chi connectivity index (χ3v) is 4.02. The highest BCUT2D eigenvalue weighted by atomic mass is 16.6. The predicted molar refractivity (Wildman–Crippen MR) is 77.4 cm³/mol. The van der Waals surface area contributed by atoms with Crippen LogP contribution in [0, 0.1) is 10.1 Å². The van der Waals surface area contributed by atoms with Crippen LogP contribution in [0.25, 0.3) is 0 Å². The second-order valence-electron chi connectivity index (χ2n) is 5.77. The van der Waals surface area contributed by atoms with Crippen LogP contribution in [-0.2, 0) is 0 Å². The molecule has 0 saturated carbocycles. The molecule has 1 heterocycles. The number of piperazine rings is 1. The lowest BCUT2D eigenvalue weighted by molar-refractivity contribution is -0.385. The summed E-state index contributed by atoms with van der Waals surface area (Å²) < 4.78 is 0. The van der Waals surface area contributed by atoms with E-state index in [1.807, 2.05) is 0 Å². The van der Waals surface area contributed by atoms with Gasteiger partial charge in [-0.2, -0.15) is 0 Å². The van der Waals surface area contributed by atoms with Gasteiger partial charge in [-0.15, -0.1) is 0 Å². The number of rotatable bonds is 3. The summed E-state index contributed by atoms with van der Waals surface area (Å²) >= 11 is 0. The highest BCUT2D eigenvalue weighted by Crippen LogP contribution is 2.28. The third kappa shape index (κ3) is 2.65. The Morgan fingerprint density at radius 3 is 2.60 bits per heavy atom. The maximum atomic E-state index is 11.0. The van der Waals surface area contributed by atoms with Gasteiger partial charge in [0.05, 0.1) is 10.5 Å². The zero-order valence-corrected chi connectivity index (χ0v) is 12.0. The fourth-order valence-corrected chi connectivity index (χ4v) is 2.46. The Kier molecular flexibility index (Phi) is 3.76. The summed E-state index contributed by atoms with van der Waals surface area (Å²) in [6, 6.07) is 4.73. The number of anilines is 1. The number of hydrogen-bond donors (Lipinski definition) is 0. The van der Waals surface area contributed by atoms with Gasteiger partial charge in [0.2, 0.25) is 0 Å². The summed E-state index contributed by atoms with van der Waals surface area (Å²) in [7, 11) is 2.09. The Hall–Kier alpha value is -1.95. The number of aldehydes is 1. The van der Waals surface area contributed by atoms with Gasteiger partial charge in [-0.25, -0.2) is 0 Å².